The Labute approximate surface area is 101 Å². The van der Waals surface area contributed by atoms with Crippen molar-refractivity contribution in [1.29, 1.82) is 0 Å². The molecular weight excluding hydrogens is 212 g/mol. The van der Waals surface area contributed by atoms with Crippen LogP contribution in [0, 0.1) is 0 Å². The van der Waals surface area contributed by atoms with Crippen molar-refractivity contribution < 1.29 is 9.53 Å². The lowest BCUT2D eigenvalue weighted by atomic mass is 9.97. The quantitative estimate of drug-likeness (QED) is 0.748. The van der Waals surface area contributed by atoms with Crippen molar-refractivity contribution in [2.75, 3.05) is 7.11 Å². The molecule has 0 aliphatic heterocycles. The normalized spacial score (nSPS) is 10.0. The largest absolute Gasteiger partial charge is 0.497 e. The van der Waals surface area contributed by atoms with Crippen molar-refractivity contribution in [3.63, 3.8) is 0 Å². The fraction of sp³-hybridized carbons (Fsp3) is 0.133. The maximum Gasteiger partial charge on any atom is 0.160 e. The number of ketones is 1. The molecule has 2 nitrogen and oxygen atoms in total. The molecule has 2 rings (SSSR count). The number of rotatable bonds is 3. The molecule has 0 saturated carbocycles. The van der Waals surface area contributed by atoms with Crippen molar-refractivity contribution in [2.45, 2.75) is 6.92 Å². The monoisotopic (exact) mass is 226 g/mol. The van der Waals surface area contributed by atoms with E-state index in [4.69, 9.17) is 4.74 Å². The summed E-state index contributed by atoms with van der Waals surface area (Å²) >= 11 is 0. The lowest BCUT2D eigenvalue weighted by Crippen LogP contribution is -1.97. The second-order valence-electron chi connectivity index (χ2n) is 3.83. The Morgan fingerprint density at radius 3 is 2.35 bits per heavy atom. The minimum Gasteiger partial charge on any atom is -0.497 e. The van der Waals surface area contributed by atoms with Crippen LogP contribution in [0.1, 0.15) is 17.3 Å². The summed E-state index contributed by atoms with van der Waals surface area (Å²) < 4.78 is 5.20. The molecule has 2 aromatic carbocycles. The Morgan fingerprint density at radius 1 is 1.06 bits per heavy atom. The van der Waals surface area contributed by atoms with Crippen LogP contribution in [0.2, 0.25) is 0 Å². The second kappa shape index (κ2) is 4.83. The summed E-state index contributed by atoms with van der Waals surface area (Å²) in [7, 11) is 1.62. The number of ether oxygens (including phenoxy) is 1. The topological polar surface area (TPSA) is 26.3 Å². The van der Waals surface area contributed by atoms with Gasteiger partial charge in [-0.1, -0.05) is 30.3 Å². The summed E-state index contributed by atoms with van der Waals surface area (Å²) in [5, 5.41) is 0. The van der Waals surface area contributed by atoms with Crippen molar-refractivity contribution in [3.05, 3.63) is 54.1 Å². The Hall–Kier alpha value is -2.09. The third-order valence-electron chi connectivity index (χ3n) is 2.69. The van der Waals surface area contributed by atoms with Crippen LogP contribution in [-0.2, 0) is 0 Å². The van der Waals surface area contributed by atoms with E-state index in [2.05, 4.69) is 0 Å². The van der Waals surface area contributed by atoms with E-state index in [1.807, 2.05) is 48.5 Å². The molecule has 2 aromatic rings. The van der Waals surface area contributed by atoms with Gasteiger partial charge in [-0.3, -0.25) is 4.79 Å². The zero-order chi connectivity index (χ0) is 12.3. The zero-order valence-electron chi connectivity index (χ0n) is 9.94. The number of methoxy groups -OCH3 is 1. The fourth-order valence-electron chi connectivity index (χ4n) is 1.81. The van der Waals surface area contributed by atoms with E-state index < -0.39 is 0 Å². The van der Waals surface area contributed by atoms with Gasteiger partial charge in [-0.2, -0.15) is 0 Å². The molecule has 0 bridgehead atoms. The molecule has 0 fully saturated rings. The first-order chi connectivity index (χ1) is 8.22. The van der Waals surface area contributed by atoms with Crippen LogP contribution in [0.25, 0.3) is 11.1 Å². The molecule has 86 valence electrons. The number of benzene rings is 2. The number of hydrogen-bond donors (Lipinski definition) is 0. The Balaban J connectivity index is 2.61. The number of carbonyl (C=O) groups excluding carboxylic acids is 1. The maximum atomic E-state index is 11.6. The van der Waals surface area contributed by atoms with Gasteiger partial charge in [0.2, 0.25) is 0 Å². The highest BCUT2D eigenvalue weighted by atomic mass is 16.5. The smallest absolute Gasteiger partial charge is 0.160 e. The van der Waals surface area contributed by atoms with Gasteiger partial charge < -0.3 is 4.74 Å². The Bertz CT molecular complexity index is 530. The highest BCUT2D eigenvalue weighted by Crippen LogP contribution is 2.28. The number of carbonyl (C=O) groups is 1. The van der Waals surface area contributed by atoms with E-state index in [1.54, 1.807) is 14.0 Å². The highest BCUT2D eigenvalue weighted by molar-refractivity contribution is 6.01. The van der Waals surface area contributed by atoms with Crippen LogP contribution in [0.3, 0.4) is 0 Å². The predicted octanol–water partition coefficient (Wildman–Crippen LogP) is 3.56. The van der Waals surface area contributed by atoms with Gasteiger partial charge in [0.25, 0.3) is 0 Å². The SMILES string of the molecule is COc1ccc(C(C)=O)c(-c2ccccc2)c1. The van der Waals surface area contributed by atoms with Gasteiger partial charge >= 0.3 is 0 Å². The molecule has 0 atom stereocenters. The summed E-state index contributed by atoms with van der Waals surface area (Å²) in [6, 6.07) is 15.4. The molecule has 0 aliphatic rings. The zero-order valence-corrected chi connectivity index (χ0v) is 9.94. The van der Waals surface area contributed by atoms with E-state index in [0.717, 1.165) is 22.4 Å². The molecule has 0 radical (unpaired) electrons. The van der Waals surface area contributed by atoms with Crippen LogP contribution in [0.15, 0.2) is 48.5 Å². The van der Waals surface area contributed by atoms with Crippen LogP contribution in [0.5, 0.6) is 5.75 Å². The first-order valence-electron chi connectivity index (χ1n) is 5.47. The summed E-state index contributed by atoms with van der Waals surface area (Å²) in [5.74, 6) is 0.820. The number of Topliss-reactive ketones (excluding diaryl/α,β-unsaturated/α-hetero) is 1. The third-order valence-corrected chi connectivity index (χ3v) is 2.69. The average molecular weight is 226 g/mol. The predicted molar refractivity (Wildman–Crippen MR) is 68.4 cm³/mol. The molecule has 0 heterocycles. The van der Waals surface area contributed by atoms with Crippen molar-refractivity contribution >= 4 is 5.78 Å². The third kappa shape index (κ3) is 2.36. The average Bonchev–Trinajstić information content (AvgIpc) is 2.39. The molecule has 0 amide bonds. The van der Waals surface area contributed by atoms with Gasteiger partial charge in [0.05, 0.1) is 7.11 Å². The minimum absolute atomic E-state index is 0.0616. The van der Waals surface area contributed by atoms with E-state index in [1.165, 1.54) is 0 Å². The molecule has 2 heteroatoms. The van der Waals surface area contributed by atoms with Gasteiger partial charge in [0.1, 0.15) is 5.75 Å². The van der Waals surface area contributed by atoms with Crippen LogP contribution >= 0.6 is 0 Å². The van der Waals surface area contributed by atoms with Crippen LogP contribution < -0.4 is 4.74 Å². The molecule has 0 saturated heterocycles. The molecule has 0 spiro atoms. The maximum absolute atomic E-state index is 11.6. The summed E-state index contributed by atoms with van der Waals surface area (Å²) in [5.41, 5.74) is 2.66. The van der Waals surface area contributed by atoms with Crippen LogP contribution in [-0.4, -0.2) is 12.9 Å². The van der Waals surface area contributed by atoms with Gasteiger partial charge in [0.15, 0.2) is 5.78 Å². The fourth-order valence-corrected chi connectivity index (χ4v) is 1.81. The summed E-state index contributed by atoms with van der Waals surface area (Å²) in [6.07, 6.45) is 0. The summed E-state index contributed by atoms with van der Waals surface area (Å²) in [4.78, 5) is 11.6. The van der Waals surface area contributed by atoms with E-state index in [-0.39, 0.29) is 5.78 Å². The van der Waals surface area contributed by atoms with E-state index in [0.29, 0.717) is 0 Å². The molecular formula is C15H14O2. The van der Waals surface area contributed by atoms with Crippen molar-refractivity contribution in [1.82, 2.24) is 0 Å². The Morgan fingerprint density at radius 2 is 1.76 bits per heavy atom. The lowest BCUT2D eigenvalue weighted by molar-refractivity contribution is 0.101. The first kappa shape index (κ1) is 11.4. The standard InChI is InChI=1S/C15H14O2/c1-11(16)14-9-8-13(17-2)10-15(14)12-6-4-3-5-7-12/h3-10H,1-2H3. The van der Waals surface area contributed by atoms with E-state index >= 15 is 0 Å². The van der Waals surface area contributed by atoms with Gasteiger partial charge in [-0.25, -0.2) is 0 Å². The van der Waals surface area contributed by atoms with Gasteiger partial charge in [-0.05, 0) is 36.2 Å². The number of hydrogen-bond acceptors (Lipinski definition) is 2. The van der Waals surface area contributed by atoms with Gasteiger partial charge in [0, 0.05) is 5.56 Å². The lowest BCUT2D eigenvalue weighted by Gasteiger charge is -2.09. The Kier molecular flexibility index (Phi) is 3.24. The first-order valence-corrected chi connectivity index (χ1v) is 5.47. The second-order valence-corrected chi connectivity index (χ2v) is 3.83. The molecule has 0 unspecified atom stereocenters. The van der Waals surface area contributed by atoms with Gasteiger partial charge in [-0.15, -0.1) is 0 Å². The molecule has 0 N–H and O–H groups in total. The molecule has 0 aliphatic carbocycles. The van der Waals surface area contributed by atoms with E-state index in [9.17, 15) is 4.79 Å². The minimum atomic E-state index is 0.0616. The van der Waals surface area contributed by atoms with Crippen molar-refractivity contribution in [3.8, 4) is 16.9 Å². The molecule has 17 heavy (non-hydrogen) atoms. The van der Waals surface area contributed by atoms with Crippen LogP contribution in [0.4, 0.5) is 0 Å². The van der Waals surface area contributed by atoms with Crippen molar-refractivity contribution in [2.24, 2.45) is 0 Å². The molecule has 0 aromatic heterocycles. The summed E-state index contributed by atoms with van der Waals surface area (Å²) in [6.45, 7) is 1.58. The highest BCUT2D eigenvalue weighted by Gasteiger charge is 2.10.